The third kappa shape index (κ3) is 3.56. The summed E-state index contributed by atoms with van der Waals surface area (Å²) in [5, 5.41) is 36.1. The van der Waals surface area contributed by atoms with Gasteiger partial charge in [-0.3, -0.25) is 10.1 Å². The van der Waals surface area contributed by atoms with E-state index in [-0.39, 0.29) is 23.5 Å². The Bertz CT molecular complexity index is 657. The number of benzene rings is 1. The van der Waals surface area contributed by atoms with Crippen LogP contribution in [0.5, 0.6) is 0 Å². The van der Waals surface area contributed by atoms with Crippen LogP contribution in [-0.4, -0.2) is 27.7 Å². The Labute approximate surface area is 123 Å². The van der Waals surface area contributed by atoms with E-state index in [9.17, 15) is 20.0 Å². The van der Waals surface area contributed by atoms with Gasteiger partial charge in [0, 0.05) is 24.4 Å². The maximum absolute atomic E-state index is 11.1. The first-order valence-corrected chi connectivity index (χ1v) is 6.89. The number of aliphatic hydroxyl groups is 1. The predicted molar refractivity (Wildman–Crippen MR) is 77.8 cm³/mol. The summed E-state index contributed by atoms with van der Waals surface area (Å²) in [5.41, 5.74) is 0.451. The largest absolute Gasteiger partial charge is 0.478 e. The van der Waals surface area contributed by atoms with Crippen molar-refractivity contribution in [1.82, 2.24) is 0 Å². The van der Waals surface area contributed by atoms with Crippen LogP contribution in [0, 0.1) is 10.1 Å². The maximum atomic E-state index is 11.1. The van der Waals surface area contributed by atoms with Crippen LogP contribution < -0.4 is 5.32 Å². The Morgan fingerprint density at radius 2 is 2.19 bits per heavy atom. The fraction of sp³-hybridized carbons (Fsp3) is 0.154. The Morgan fingerprint density at radius 3 is 2.76 bits per heavy atom. The summed E-state index contributed by atoms with van der Waals surface area (Å²) in [7, 11) is 0. The van der Waals surface area contributed by atoms with Gasteiger partial charge in [0.1, 0.15) is 0 Å². The van der Waals surface area contributed by atoms with E-state index in [2.05, 4.69) is 5.32 Å². The van der Waals surface area contributed by atoms with Gasteiger partial charge in [0.05, 0.1) is 16.6 Å². The predicted octanol–water partition coefficient (Wildman–Crippen LogP) is 2.50. The summed E-state index contributed by atoms with van der Waals surface area (Å²) < 4.78 is 0. The van der Waals surface area contributed by atoms with Gasteiger partial charge in [0.25, 0.3) is 5.69 Å². The average molecular weight is 308 g/mol. The summed E-state index contributed by atoms with van der Waals surface area (Å²) in [6.07, 6.45) is -0.784. The lowest BCUT2D eigenvalue weighted by atomic mass is 10.1. The molecule has 2 aromatic rings. The Kier molecular flexibility index (Phi) is 4.51. The summed E-state index contributed by atoms with van der Waals surface area (Å²) in [4.78, 5) is 21.2. The molecule has 0 radical (unpaired) electrons. The SMILES string of the molecule is O=C(O)c1cc([N+](=O)[O-])ccc1NCC(O)c1ccsc1. The first-order chi connectivity index (χ1) is 9.99. The molecule has 1 unspecified atom stereocenters. The van der Waals surface area contributed by atoms with Crippen molar-refractivity contribution in [2.24, 2.45) is 0 Å². The van der Waals surface area contributed by atoms with Gasteiger partial charge in [-0.15, -0.1) is 0 Å². The second-order valence-corrected chi connectivity index (χ2v) is 5.03. The number of nitro groups is 1. The number of anilines is 1. The van der Waals surface area contributed by atoms with Crippen LogP contribution in [0.15, 0.2) is 35.0 Å². The van der Waals surface area contributed by atoms with Gasteiger partial charge < -0.3 is 15.5 Å². The van der Waals surface area contributed by atoms with Crippen molar-refractivity contribution in [3.8, 4) is 0 Å². The topological polar surface area (TPSA) is 113 Å². The fourth-order valence-electron chi connectivity index (χ4n) is 1.77. The molecule has 0 spiro atoms. The molecule has 1 heterocycles. The Hall–Kier alpha value is -2.45. The fourth-order valence-corrected chi connectivity index (χ4v) is 2.47. The normalized spacial score (nSPS) is 11.9. The molecule has 0 amide bonds. The molecule has 2 rings (SSSR count). The number of aromatic carboxylic acids is 1. The Morgan fingerprint density at radius 1 is 1.43 bits per heavy atom. The van der Waals surface area contributed by atoms with Gasteiger partial charge in [-0.2, -0.15) is 11.3 Å². The molecule has 21 heavy (non-hydrogen) atoms. The lowest BCUT2D eigenvalue weighted by molar-refractivity contribution is -0.384. The number of carboxylic acid groups (broad SMARTS) is 1. The summed E-state index contributed by atoms with van der Waals surface area (Å²) in [6, 6.07) is 5.29. The smallest absolute Gasteiger partial charge is 0.338 e. The molecule has 0 saturated carbocycles. The van der Waals surface area contributed by atoms with E-state index < -0.39 is 17.0 Å². The van der Waals surface area contributed by atoms with Crippen LogP contribution in [0.2, 0.25) is 0 Å². The molecular weight excluding hydrogens is 296 g/mol. The van der Waals surface area contributed by atoms with Crippen molar-refractivity contribution in [3.63, 3.8) is 0 Å². The molecule has 0 fully saturated rings. The molecule has 3 N–H and O–H groups in total. The molecule has 7 nitrogen and oxygen atoms in total. The summed E-state index contributed by atoms with van der Waals surface area (Å²) in [6.45, 7) is 0.106. The van der Waals surface area contributed by atoms with E-state index >= 15 is 0 Å². The molecular formula is C13H12N2O5S. The highest BCUT2D eigenvalue weighted by Crippen LogP contribution is 2.23. The molecule has 8 heteroatoms. The van der Waals surface area contributed by atoms with Crippen LogP contribution in [0.25, 0.3) is 0 Å². The third-order valence-electron chi connectivity index (χ3n) is 2.86. The van der Waals surface area contributed by atoms with E-state index in [4.69, 9.17) is 5.11 Å². The van der Waals surface area contributed by atoms with Crippen molar-refractivity contribution in [2.45, 2.75) is 6.10 Å². The highest BCUT2D eigenvalue weighted by atomic mass is 32.1. The molecule has 110 valence electrons. The molecule has 1 atom stereocenters. The van der Waals surface area contributed by atoms with Crippen molar-refractivity contribution < 1.29 is 19.9 Å². The van der Waals surface area contributed by atoms with Crippen LogP contribution in [0.3, 0.4) is 0 Å². The van der Waals surface area contributed by atoms with E-state index in [0.29, 0.717) is 0 Å². The van der Waals surface area contributed by atoms with E-state index in [1.165, 1.54) is 23.5 Å². The quantitative estimate of drug-likeness (QED) is 0.558. The highest BCUT2D eigenvalue weighted by molar-refractivity contribution is 7.07. The van der Waals surface area contributed by atoms with Crippen LogP contribution in [-0.2, 0) is 0 Å². The minimum atomic E-state index is -1.27. The van der Waals surface area contributed by atoms with E-state index in [0.717, 1.165) is 11.6 Å². The molecule has 1 aromatic carbocycles. The zero-order valence-corrected chi connectivity index (χ0v) is 11.5. The zero-order valence-electron chi connectivity index (χ0n) is 10.7. The van der Waals surface area contributed by atoms with Gasteiger partial charge in [-0.05, 0) is 28.5 Å². The number of non-ortho nitro benzene ring substituents is 1. The number of thiophene rings is 1. The number of nitrogens with one attached hydrogen (secondary N) is 1. The van der Waals surface area contributed by atoms with Crippen molar-refractivity contribution in [3.05, 3.63) is 56.3 Å². The summed E-state index contributed by atoms with van der Waals surface area (Å²) in [5.74, 6) is -1.27. The number of hydrogen-bond acceptors (Lipinski definition) is 6. The number of hydrogen-bond donors (Lipinski definition) is 3. The molecule has 0 saturated heterocycles. The van der Waals surface area contributed by atoms with Gasteiger partial charge in [0.15, 0.2) is 0 Å². The van der Waals surface area contributed by atoms with Crippen molar-refractivity contribution in [1.29, 1.82) is 0 Å². The number of rotatable bonds is 6. The lowest BCUT2D eigenvalue weighted by Gasteiger charge is -2.13. The number of carbonyl (C=O) groups is 1. The minimum absolute atomic E-state index is 0.106. The monoisotopic (exact) mass is 308 g/mol. The third-order valence-corrected chi connectivity index (χ3v) is 3.56. The van der Waals surface area contributed by atoms with Crippen molar-refractivity contribution >= 4 is 28.7 Å². The molecule has 0 aliphatic carbocycles. The number of carboxylic acids is 1. The minimum Gasteiger partial charge on any atom is -0.478 e. The van der Waals surface area contributed by atoms with Gasteiger partial charge in [-0.25, -0.2) is 4.79 Å². The first kappa shape index (κ1) is 14.9. The van der Waals surface area contributed by atoms with E-state index in [1.54, 1.807) is 11.4 Å². The molecule has 0 aliphatic rings. The van der Waals surface area contributed by atoms with Gasteiger partial charge in [0.2, 0.25) is 0 Å². The highest BCUT2D eigenvalue weighted by Gasteiger charge is 2.17. The van der Waals surface area contributed by atoms with E-state index in [1.807, 2.05) is 5.38 Å². The summed E-state index contributed by atoms with van der Waals surface area (Å²) >= 11 is 1.45. The number of aliphatic hydroxyl groups excluding tert-OH is 1. The van der Waals surface area contributed by atoms with Crippen LogP contribution in [0.4, 0.5) is 11.4 Å². The lowest BCUT2D eigenvalue weighted by Crippen LogP contribution is -2.14. The number of nitro benzene ring substituents is 1. The standard InChI is InChI=1S/C13H12N2O5S/c16-12(8-3-4-21-7-8)6-14-11-2-1-9(15(19)20)5-10(11)13(17)18/h1-5,7,12,14,16H,6H2,(H,17,18). The van der Waals surface area contributed by atoms with Gasteiger partial charge in [-0.1, -0.05) is 0 Å². The van der Waals surface area contributed by atoms with Crippen LogP contribution >= 0.6 is 11.3 Å². The molecule has 1 aromatic heterocycles. The molecule has 0 aliphatic heterocycles. The van der Waals surface area contributed by atoms with Crippen LogP contribution in [0.1, 0.15) is 22.0 Å². The first-order valence-electron chi connectivity index (χ1n) is 5.95. The Balaban J connectivity index is 2.16. The second kappa shape index (κ2) is 6.33. The maximum Gasteiger partial charge on any atom is 0.338 e. The zero-order chi connectivity index (χ0) is 15.4. The van der Waals surface area contributed by atoms with Crippen molar-refractivity contribution in [2.75, 3.05) is 11.9 Å². The molecule has 0 bridgehead atoms. The second-order valence-electron chi connectivity index (χ2n) is 4.25. The number of nitrogens with zero attached hydrogens (tertiary/aromatic N) is 1. The van der Waals surface area contributed by atoms with Gasteiger partial charge >= 0.3 is 5.97 Å². The average Bonchev–Trinajstić information content (AvgIpc) is 2.98.